The molecule has 3 aromatic rings. The Morgan fingerprint density at radius 1 is 1.42 bits per heavy atom. The van der Waals surface area contributed by atoms with Crippen molar-refractivity contribution in [3.63, 3.8) is 0 Å². The fraction of sp³-hybridized carbons (Fsp3) is 0.312. The third-order valence-corrected chi connectivity index (χ3v) is 4.25. The molecule has 0 aliphatic heterocycles. The normalized spacial score (nSPS) is 11.4. The number of para-hydroxylation sites is 1. The van der Waals surface area contributed by atoms with Gasteiger partial charge in [-0.05, 0) is 30.8 Å². The summed E-state index contributed by atoms with van der Waals surface area (Å²) in [4.78, 5) is 12.9. The Bertz CT molecular complexity index is 1030. The minimum atomic E-state index is -0.0916. The quantitative estimate of drug-likeness (QED) is 0.498. The summed E-state index contributed by atoms with van der Waals surface area (Å²) in [6.45, 7) is 5.04. The molecule has 0 bridgehead atoms. The fourth-order valence-corrected chi connectivity index (χ4v) is 3.10. The van der Waals surface area contributed by atoms with Gasteiger partial charge in [0, 0.05) is 25.3 Å². The van der Waals surface area contributed by atoms with Crippen molar-refractivity contribution in [1.29, 1.82) is 0 Å². The maximum atomic E-state index is 12.9. The zero-order valence-electron chi connectivity index (χ0n) is 13.2. The smallest absolute Gasteiger partial charge is 0.262 e. The maximum absolute atomic E-state index is 12.9. The molecule has 1 aromatic carbocycles. The topological polar surface area (TPSA) is 53.5 Å². The summed E-state index contributed by atoms with van der Waals surface area (Å²) in [7, 11) is 1.63. The fourth-order valence-electron chi connectivity index (χ4n) is 2.70. The second-order valence-electron chi connectivity index (χ2n) is 5.41. The van der Waals surface area contributed by atoms with E-state index in [2.05, 4.69) is 11.7 Å². The molecular weight excluding hydrogens is 348 g/mol. The second kappa shape index (κ2) is 6.88. The van der Waals surface area contributed by atoms with Gasteiger partial charge in [0.2, 0.25) is 10.5 Å². The standard InChI is InChI=1S/C16H17ClN4O2S/c1-11(17)10-20-16(24)21-13-7-4-3-6-12(13)14(22)19(15(21)18-20)8-5-9-23-2/h3-4,6-7H,1,5,8-10H2,2H3. The molecule has 0 fully saturated rings. The first kappa shape index (κ1) is 16.9. The summed E-state index contributed by atoms with van der Waals surface area (Å²) in [6.07, 6.45) is 0.701. The Balaban J connectivity index is 2.34. The number of fused-ring (bicyclic) bond motifs is 3. The first-order valence-corrected chi connectivity index (χ1v) is 8.26. The van der Waals surface area contributed by atoms with Crippen LogP contribution in [0.2, 0.25) is 0 Å². The number of ether oxygens (including phenoxy) is 1. The van der Waals surface area contributed by atoms with Crippen LogP contribution in [0.4, 0.5) is 0 Å². The highest BCUT2D eigenvalue weighted by Crippen LogP contribution is 2.15. The van der Waals surface area contributed by atoms with Gasteiger partial charge in [0.15, 0.2) is 0 Å². The molecular formula is C16H17ClN4O2S. The monoisotopic (exact) mass is 364 g/mol. The van der Waals surface area contributed by atoms with Gasteiger partial charge in [0.1, 0.15) is 0 Å². The summed E-state index contributed by atoms with van der Waals surface area (Å²) < 4.78 is 10.6. The second-order valence-corrected chi connectivity index (χ2v) is 6.31. The van der Waals surface area contributed by atoms with Crippen molar-refractivity contribution in [2.45, 2.75) is 19.5 Å². The lowest BCUT2D eigenvalue weighted by atomic mass is 10.2. The predicted octanol–water partition coefficient (Wildman–Crippen LogP) is 2.97. The van der Waals surface area contributed by atoms with E-state index in [-0.39, 0.29) is 5.56 Å². The van der Waals surface area contributed by atoms with Crippen LogP contribution in [0.3, 0.4) is 0 Å². The largest absolute Gasteiger partial charge is 0.385 e. The highest BCUT2D eigenvalue weighted by atomic mass is 35.5. The Labute approximate surface area is 148 Å². The van der Waals surface area contributed by atoms with E-state index in [9.17, 15) is 4.79 Å². The third-order valence-electron chi connectivity index (χ3n) is 3.74. The molecule has 0 spiro atoms. The number of halogens is 1. The van der Waals surface area contributed by atoms with E-state index in [0.717, 1.165) is 5.52 Å². The SMILES string of the molecule is C=C(Cl)Cn1nc2n(CCCOC)c(=O)c3ccccc3n2c1=S. The molecule has 0 aliphatic rings. The summed E-state index contributed by atoms with van der Waals surface area (Å²) >= 11 is 11.4. The molecule has 8 heteroatoms. The van der Waals surface area contributed by atoms with E-state index in [1.807, 2.05) is 18.2 Å². The van der Waals surface area contributed by atoms with E-state index >= 15 is 0 Å². The Hall–Kier alpha value is -1.96. The van der Waals surface area contributed by atoms with Gasteiger partial charge in [-0.3, -0.25) is 13.8 Å². The van der Waals surface area contributed by atoms with Crippen LogP contribution in [0.25, 0.3) is 16.7 Å². The summed E-state index contributed by atoms with van der Waals surface area (Å²) in [5.41, 5.74) is 0.642. The van der Waals surface area contributed by atoms with Crippen LogP contribution in [0.15, 0.2) is 40.7 Å². The van der Waals surface area contributed by atoms with E-state index < -0.39 is 0 Å². The molecule has 0 saturated carbocycles. The molecule has 0 atom stereocenters. The van der Waals surface area contributed by atoms with Gasteiger partial charge >= 0.3 is 0 Å². The average Bonchev–Trinajstić information content (AvgIpc) is 2.87. The molecule has 2 aromatic heterocycles. The number of hydrogen-bond acceptors (Lipinski definition) is 4. The van der Waals surface area contributed by atoms with Crippen LogP contribution in [-0.2, 0) is 17.8 Å². The van der Waals surface area contributed by atoms with Crippen molar-refractivity contribution in [2.24, 2.45) is 0 Å². The van der Waals surface area contributed by atoms with Crippen molar-refractivity contribution >= 4 is 40.5 Å². The Morgan fingerprint density at radius 2 is 2.17 bits per heavy atom. The number of allylic oxidation sites excluding steroid dienone is 1. The van der Waals surface area contributed by atoms with Crippen LogP contribution < -0.4 is 5.56 Å². The number of rotatable bonds is 6. The third kappa shape index (κ3) is 2.90. The van der Waals surface area contributed by atoms with Crippen LogP contribution in [0, 0.1) is 4.77 Å². The number of methoxy groups -OCH3 is 1. The maximum Gasteiger partial charge on any atom is 0.262 e. The summed E-state index contributed by atoms with van der Waals surface area (Å²) in [6, 6.07) is 7.36. The van der Waals surface area contributed by atoms with E-state index in [1.54, 1.807) is 26.8 Å². The van der Waals surface area contributed by atoms with Gasteiger partial charge in [-0.2, -0.15) is 0 Å². The van der Waals surface area contributed by atoms with Gasteiger partial charge in [-0.15, -0.1) is 5.10 Å². The number of benzene rings is 1. The Morgan fingerprint density at radius 3 is 2.88 bits per heavy atom. The molecule has 24 heavy (non-hydrogen) atoms. The molecule has 6 nitrogen and oxygen atoms in total. The van der Waals surface area contributed by atoms with Crippen LogP contribution in [-0.4, -0.2) is 32.5 Å². The number of hydrogen-bond donors (Lipinski definition) is 0. The molecule has 2 heterocycles. The van der Waals surface area contributed by atoms with E-state index in [0.29, 0.717) is 47.1 Å². The number of aromatic nitrogens is 4. The summed E-state index contributed by atoms with van der Waals surface area (Å²) in [5.74, 6) is 0.498. The number of aryl methyl sites for hydroxylation is 1. The van der Waals surface area contributed by atoms with Gasteiger partial charge in [-0.1, -0.05) is 30.3 Å². The predicted molar refractivity (Wildman–Crippen MR) is 97.3 cm³/mol. The molecule has 0 amide bonds. The van der Waals surface area contributed by atoms with Crippen molar-refractivity contribution in [3.8, 4) is 0 Å². The number of nitrogens with zero attached hydrogens (tertiary/aromatic N) is 4. The van der Waals surface area contributed by atoms with Crippen LogP contribution in [0.5, 0.6) is 0 Å². The lowest BCUT2D eigenvalue weighted by Gasteiger charge is -2.09. The minimum Gasteiger partial charge on any atom is -0.385 e. The first-order chi connectivity index (χ1) is 11.5. The zero-order chi connectivity index (χ0) is 17.3. The molecule has 126 valence electrons. The average molecular weight is 365 g/mol. The van der Waals surface area contributed by atoms with Crippen LogP contribution >= 0.6 is 23.8 Å². The molecule has 0 aliphatic carbocycles. The lowest BCUT2D eigenvalue weighted by Crippen LogP contribution is -2.24. The highest BCUT2D eigenvalue weighted by Gasteiger charge is 2.15. The first-order valence-electron chi connectivity index (χ1n) is 7.48. The van der Waals surface area contributed by atoms with Gasteiger partial charge < -0.3 is 4.74 Å². The van der Waals surface area contributed by atoms with Crippen molar-refractivity contribution in [2.75, 3.05) is 13.7 Å². The minimum absolute atomic E-state index is 0.0916. The van der Waals surface area contributed by atoms with Gasteiger partial charge in [-0.25, -0.2) is 4.68 Å². The molecule has 3 rings (SSSR count). The van der Waals surface area contributed by atoms with Crippen molar-refractivity contribution in [1.82, 2.24) is 18.7 Å². The Kier molecular flexibility index (Phi) is 4.84. The highest BCUT2D eigenvalue weighted by molar-refractivity contribution is 7.71. The van der Waals surface area contributed by atoms with Crippen molar-refractivity contribution in [3.05, 3.63) is 51.0 Å². The molecule has 0 N–H and O–H groups in total. The van der Waals surface area contributed by atoms with E-state index in [1.165, 1.54) is 0 Å². The zero-order valence-corrected chi connectivity index (χ0v) is 14.8. The molecule has 0 unspecified atom stereocenters. The van der Waals surface area contributed by atoms with Crippen LogP contribution in [0.1, 0.15) is 6.42 Å². The molecule has 0 radical (unpaired) electrons. The van der Waals surface area contributed by atoms with Gasteiger partial charge in [0.25, 0.3) is 5.56 Å². The van der Waals surface area contributed by atoms with Gasteiger partial charge in [0.05, 0.1) is 17.4 Å². The molecule has 0 saturated heterocycles. The lowest BCUT2D eigenvalue weighted by molar-refractivity contribution is 0.190. The summed E-state index contributed by atoms with van der Waals surface area (Å²) in [5, 5.41) is 5.52. The van der Waals surface area contributed by atoms with E-state index in [4.69, 9.17) is 28.6 Å². The van der Waals surface area contributed by atoms with Crippen molar-refractivity contribution < 1.29 is 4.74 Å².